The number of rotatable bonds is 9. The van der Waals surface area contributed by atoms with Crippen molar-refractivity contribution in [3.05, 3.63) is 35.9 Å². The van der Waals surface area contributed by atoms with Crippen LogP contribution in [0.15, 0.2) is 30.3 Å². The molecule has 1 aromatic carbocycles. The second-order valence-corrected chi connectivity index (χ2v) is 5.11. The van der Waals surface area contributed by atoms with Gasteiger partial charge in [-0.25, -0.2) is 0 Å². The monoisotopic (exact) mass is 267 g/mol. The van der Waals surface area contributed by atoms with Crippen molar-refractivity contribution < 1.29 is 14.9 Å². The molecule has 0 aliphatic rings. The van der Waals surface area contributed by atoms with E-state index in [1.165, 1.54) is 0 Å². The molecular weight excluding hydrogens is 242 g/mol. The Bertz CT molecular complexity index is 339. The molecule has 2 atom stereocenters. The Morgan fingerprint density at radius 2 is 2.00 bits per heavy atom. The lowest BCUT2D eigenvalue weighted by Gasteiger charge is -2.28. The zero-order chi connectivity index (χ0) is 14.1. The van der Waals surface area contributed by atoms with E-state index < -0.39 is 6.10 Å². The highest BCUT2D eigenvalue weighted by Gasteiger charge is 2.21. The number of β-amino-alcohol motifs (C(OH)–C–C–N with tert-alkyl or cyclic N) is 1. The van der Waals surface area contributed by atoms with Crippen LogP contribution in [0.1, 0.15) is 25.8 Å². The van der Waals surface area contributed by atoms with Crippen LogP contribution in [0.4, 0.5) is 0 Å². The van der Waals surface area contributed by atoms with Crippen LogP contribution in [0.25, 0.3) is 0 Å². The van der Waals surface area contributed by atoms with Crippen molar-refractivity contribution in [2.45, 2.75) is 38.5 Å². The Kier molecular flexibility index (Phi) is 7.02. The molecule has 0 aliphatic carbocycles. The average molecular weight is 267 g/mol. The van der Waals surface area contributed by atoms with Gasteiger partial charge in [0.2, 0.25) is 0 Å². The summed E-state index contributed by atoms with van der Waals surface area (Å²) in [5.41, 5.74) is 0.761. The molecule has 19 heavy (non-hydrogen) atoms. The number of hydrogen-bond acceptors (Lipinski definition) is 4. The highest BCUT2D eigenvalue weighted by molar-refractivity contribution is 5.13. The van der Waals surface area contributed by atoms with Gasteiger partial charge in [0.15, 0.2) is 0 Å². The second kappa shape index (κ2) is 8.27. The molecule has 0 saturated carbocycles. The van der Waals surface area contributed by atoms with Crippen LogP contribution >= 0.6 is 0 Å². The van der Waals surface area contributed by atoms with Gasteiger partial charge in [-0.15, -0.1) is 0 Å². The third-order valence-corrected chi connectivity index (χ3v) is 3.32. The van der Waals surface area contributed by atoms with Crippen molar-refractivity contribution in [1.29, 1.82) is 0 Å². The van der Waals surface area contributed by atoms with Crippen molar-refractivity contribution in [1.82, 2.24) is 5.32 Å². The number of benzene rings is 1. The summed E-state index contributed by atoms with van der Waals surface area (Å²) < 4.78 is 5.46. The lowest BCUT2D eigenvalue weighted by Crippen LogP contribution is -2.48. The SMILES string of the molecule is CCC(C)(CO)NCC(O)COCc1ccccc1. The zero-order valence-electron chi connectivity index (χ0n) is 11.8. The van der Waals surface area contributed by atoms with E-state index in [-0.39, 0.29) is 18.8 Å². The Balaban J connectivity index is 2.19. The van der Waals surface area contributed by atoms with E-state index in [4.69, 9.17) is 4.74 Å². The highest BCUT2D eigenvalue weighted by atomic mass is 16.5. The molecule has 0 bridgehead atoms. The predicted octanol–water partition coefficient (Wildman–Crippen LogP) is 1.31. The normalized spacial score (nSPS) is 16.0. The summed E-state index contributed by atoms with van der Waals surface area (Å²) in [6, 6.07) is 9.87. The Hall–Kier alpha value is -0.940. The minimum absolute atomic E-state index is 0.0566. The molecule has 1 aromatic rings. The maximum atomic E-state index is 9.81. The maximum Gasteiger partial charge on any atom is 0.0898 e. The van der Waals surface area contributed by atoms with Crippen molar-refractivity contribution in [3.8, 4) is 0 Å². The first-order valence-corrected chi connectivity index (χ1v) is 6.75. The van der Waals surface area contributed by atoms with Crippen molar-refractivity contribution in [3.63, 3.8) is 0 Å². The summed E-state index contributed by atoms with van der Waals surface area (Å²) in [5.74, 6) is 0. The zero-order valence-corrected chi connectivity index (χ0v) is 11.8. The summed E-state index contributed by atoms with van der Waals surface area (Å²) in [4.78, 5) is 0. The molecule has 4 heteroatoms. The van der Waals surface area contributed by atoms with E-state index in [0.29, 0.717) is 13.2 Å². The van der Waals surface area contributed by atoms with Gasteiger partial charge in [-0.3, -0.25) is 0 Å². The molecule has 0 saturated heterocycles. The molecule has 108 valence electrons. The van der Waals surface area contributed by atoms with Gasteiger partial charge in [0, 0.05) is 12.1 Å². The lowest BCUT2D eigenvalue weighted by atomic mass is 10.0. The van der Waals surface area contributed by atoms with E-state index >= 15 is 0 Å². The van der Waals surface area contributed by atoms with Gasteiger partial charge in [-0.05, 0) is 18.9 Å². The van der Waals surface area contributed by atoms with Gasteiger partial charge in [0.05, 0.1) is 25.9 Å². The lowest BCUT2D eigenvalue weighted by molar-refractivity contribution is 0.0225. The number of ether oxygens (including phenoxy) is 1. The third kappa shape index (κ3) is 6.16. The van der Waals surface area contributed by atoms with Gasteiger partial charge in [-0.1, -0.05) is 37.3 Å². The van der Waals surface area contributed by atoms with Crippen LogP contribution < -0.4 is 5.32 Å². The van der Waals surface area contributed by atoms with Gasteiger partial charge >= 0.3 is 0 Å². The van der Waals surface area contributed by atoms with E-state index in [9.17, 15) is 10.2 Å². The van der Waals surface area contributed by atoms with Crippen LogP contribution in [0.5, 0.6) is 0 Å². The summed E-state index contributed by atoms with van der Waals surface area (Å²) >= 11 is 0. The minimum Gasteiger partial charge on any atom is -0.394 e. The topological polar surface area (TPSA) is 61.7 Å². The molecule has 0 aromatic heterocycles. The maximum absolute atomic E-state index is 9.81. The molecular formula is C15H25NO3. The largest absolute Gasteiger partial charge is 0.394 e. The molecule has 0 fully saturated rings. The van der Waals surface area contributed by atoms with Crippen LogP contribution in [0.3, 0.4) is 0 Å². The van der Waals surface area contributed by atoms with Gasteiger partial charge < -0.3 is 20.3 Å². The fourth-order valence-electron chi connectivity index (χ4n) is 1.60. The molecule has 3 N–H and O–H groups in total. The van der Waals surface area contributed by atoms with E-state index in [2.05, 4.69) is 5.32 Å². The molecule has 1 rings (SSSR count). The summed E-state index contributed by atoms with van der Waals surface area (Å²) in [6.45, 7) is 5.20. The van der Waals surface area contributed by atoms with Crippen molar-refractivity contribution >= 4 is 0 Å². The molecule has 0 spiro atoms. The first-order chi connectivity index (χ1) is 9.09. The fourth-order valence-corrected chi connectivity index (χ4v) is 1.60. The van der Waals surface area contributed by atoms with Crippen LogP contribution in [-0.4, -0.2) is 41.6 Å². The van der Waals surface area contributed by atoms with Crippen LogP contribution in [0.2, 0.25) is 0 Å². The van der Waals surface area contributed by atoms with Gasteiger partial charge in [-0.2, -0.15) is 0 Å². The van der Waals surface area contributed by atoms with E-state index in [1.54, 1.807) is 0 Å². The standard InChI is InChI=1S/C15H25NO3/c1-3-15(2,12-17)16-9-14(18)11-19-10-13-7-5-4-6-8-13/h4-8,14,16-18H,3,9-12H2,1-2H3. The van der Waals surface area contributed by atoms with E-state index in [0.717, 1.165) is 12.0 Å². The number of nitrogens with one attached hydrogen (secondary N) is 1. The molecule has 0 amide bonds. The number of hydrogen-bond donors (Lipinski definition) is 3. The molecule has 2 unspecified atom stereocenters. The van der Waals surface area contributed by atoms with Crippen molar-refractivity contribution in [2.75, 3.05) is 19.8 Å². The minimum atomic E-state index is -0.568. The molecule has 0 aliphatic heterocycles. The smallest absolute Gasteiger partial charge is 0.0898 e. The number of aliphatic hydroxyl groups excluding tert-OH is 2. The summed E-state index contributed by atoms with van der Waals surface area (Å²) in [6.07, 6.45) is 0.238. The molecule has 0 heterocycles. The quantitative estimate of drug-likeness (QED) is 0.631. The summed E-state index contributed by atoms with van der Waals surface area (Å²) in [7, 11) is 0. The average Bonchev–Trinajstić information content (AvgIpc) is 2.46. The van der Waals surface area contributed by atoms with Crippen molar-refractivity contribution in [2.24, 2.45) is 0 Å². The molecule has 0 radical (unpaired) electrons. The third-order valence-electron chi connectivity index (χ3n) is 3.32. The predicted molar refractivity (Wildman–Crippen MR) is 75.9 cm³/mol. The number of aliphatic hydroxyl groups is 2. The molecule has 4 nitrogen and oxygen atoms in total. The van der Waals surface area contributed by atoms with E-state index in [1.807, 2.05) is 44.2 Å². The van der Waals surface area contributed by atoms with Gasteiger partial charge in [0.25, 0.3) is 0 Å². The second-order valence-electron chi connectivity index (χ2n) is 5.11. The Morgan fingerprint density at radius 1 is 1.32 bits per heavy atom. The first-order valence-electron chi connectivity index (χ1n) is 6.75. The summed E-state index contributed by atoms with van der Waals surface area (Å²) in [5, 5.41) is 22.2. The highest BCUT2D eigenvalue weighted by Crippen LogP contribution is 2.07. The van der Waals surface area contributed by atoms with Crippen LogP contribution in [-0.2, 0) is 11.3 Å². The Morgan fingerprint density at radius 3 is 2.58 bits per heavy atom. The fraction of sp³-hybridized carbons (Fsp3) is 0.600. The van der Waals surface area contributed by atoms with Crippen LogP contribution in [0, 0.1) is 0 Å². The Labute approximate surface area is 115 Å². The first kappa shape index (κ1) is 16.1. The van der Waals surface area contributed by atoms with Gasteiger partial charge in [0.1, 0.15) is 0 Å².